The van der Waals surface area contributed by atoms with Gasteiger partial charge in [-0.3, -0.25) is 4.57 Å². The van der Waals surface area contributed by atoms with Crippen molar-refractivity contribution in [2.45, 2.75) is 56.3 Å². The topological polar surface area (TPSA) is 170 Å². The maximum absolute atomic E-state index is 12.7. The minimum absolute atomic E-state index is 0.00204. The van der Waals surface area contributed by atoms with Crippen LogP contribution in [-0.2, 0) is 11.3 Å². The lowest BCUT2D eigenvalue weighted by Crippen LogP contribution is -2.41. The van der Waals surface area contributed by atoms with Crippen LogP contribution in [0.2, 0.25) is 0 Å². The van der Waals surface area contributed by atoms with Gasteiger partial charge in [-0.15, -0.1) is 0 Å². The molecule has 2 amide bonds. The molecule has 13 nitrogen and oxygen atoms in total. The van der Waals surface area contributed by atoms with Crippen LogP contribution in [0, 0.1) is 0 Å². The van der Waals surface area contributed by atoms with Crippen LogP contribution < -0.4 is 16.0 Å². The lowest BCUT2D eigenvalue weighted by molar-refractivity contribution is -0.0511. The molecule has 0 spiro atoms. The molecular weight excluding hydrogens is 588 g/mol. The van der Waals surface area contributed by atoms with Crippen LogP contribution in [0.1, 0.15) is 48.4 Å². The highest BCUT2D eigenvalue weighted by Crippen LogP contribution is 2.33. The Morgan fingerprint density at radius 2 is 1.63 bits per heavy atom. The number of urea groups is 1. The van der Waals surface area contributed by atoms with Gasteiger partial charge in [0.25, 0.3) is 0 Å². The van der Waals surface area contributed by atoms with E-state index < -0.39 is 31.1 Å². The summed E-state index contributed by atoms with van der Waals surface area (Å²) in [5, 5.41) is 40.0. The summed E-state index contributed by atoms with van der Waals surface area (Å²) in [4.78, 5) is 29.0. The van der Waals surface area contributed by atoms with Gasteiger partial charge in [0.1, 0.15) is 18.3 Å². The van der Waals surface area contributed by atoms with Gasteiger partial charge < -0.3 is 40.9 Å². The largest absolute Gasteiger partial charge is 0.394 e. The van der Waals surface area contributed by atoms with Crippen LogP contribution in [-0.4, -0.2) is 103 Å². The number of ether oxygens (including phenoxy) is 1. The number of rotatable bonds is 12. The first-order chi connectivity index (χ1) is 22.5. The molecule has 0 saturated carbocycles. The Hall–Kier alpha value is -4.14. The van der Waals surface area contributed by atoms with E-state index in [4.69, 9.17) is 9.72 Å². The molecule has 2 aliphatic rings. The second kappa shape index (κ2) is 15.0. The van der Waals surface area contributed by atoms with Crippen molar-refractivity contribution in [2.75, 3.05) is 44.6 Å². The number of nitrogens with one attached hydrogen (secondary N) is 3. The molecule has 244 valence electrons. The van der Waals surface area contributed by atoms with E-state index in [2.05, 4.69) is 55.1 Å². The molecule has 2 aromatic carbocycles. The summed E-state index contributed by atoms with van der Waals surface area (Å²) in [5.41, 5.74) is 3.05. The number of fused-ring (bicyclic) bond motifs is 1. The minimum Gasteiger partial charge on any atom is -0.394 e. The third-order valence-electron chi connectivity index (χ3n) is 8.71. The molecule has 2 aliphatic heterocycles. The molecule has 2 saturated heterocycles. The first kappa shape index (κ1) is 31.8. The van der Waals surface area contributed by atoms with Gasteiger partial charge in [-0.25, -0.2) is 19.7 Å². The van der Waals surface area contributed by atoms with E-state index in [1.807, 2.05) is 36.4 Å². The summed E-state index contributed by atoms with van der Waals surface area (Å²) < 4.78 is 7.31. The number of hydrogen-bond donors (Lipinski definition) is 6. The number of nitrogens with zero attached hydrogens (tertiary/aromatic N) is 5. The number of carbonyl (C=O) groups excluding carboxylic acids is 1. The Bertz CT molecular complexity index is 1530. The number of likely N-dealkylation sites (tertiary alicyclic amines) is 1. The van der Waals surface area contributed by atoms with Crippen molar-refractivity contribution in [1.29, 1.82) is 0 Å². The first-order valence-electron chi connectivity index (χ1n) is 16.0. The smallest absolute Gasteiger partial charge is 0.315 e. The molecule has 6 N–H and O–H groups in total. The van der Waals surface area contributed by atoms with Crippen LogP contribution in [0.3, 0.4) is 0 Å². The Morgan fingerprint density at radius 3 is 2.28 bits per heavy atom. The van der Waals surface area contributed by atoms with Crippen LogP contribution in [0.5, 0.6) is 0 Å². The van der Waals surface area contributed by atoms with Gasteiger partial charge in [0, 0.05) is 25.6 Å². The summed E-state index contributed by atoms with van der Waals surface area (Å²) in [6.07, 6.45) is 0.550. The molecule has 13 heteroatoms. The molecule has 2 aromatic heterocycles. The van der Waals surface area contributed by atoms with E-state index in [9.17, 15) is 20.1 Å². The molecule has 4 unspecified atom stereocenters. The van der Waals surface area contributed by atoms with Crippen LogP contribution in [0.25, 0.3) is 11.2 Å². The van der Waals surface area contributed by atoms with Crippen molar-refractivity contribution in [1.82, 2.24) is 35.1 Å². The van der Waals surface area contributed by atoms with Gasteiger partial charge in [-0.2, -0.15) is 0 Å². The van der Waals surface area contributed by atoms with Gasteiger partial charge in [-0.1, -0.05) is 67.1 Å². The Labute approximate surface area is 267 Å². The molecular formula is C33H42N8O5. The predicted octanol–water partition coefficient (Wildman–Crippen LogP) is 1.97. The maximum Gasteiger partial charge on any atom is 0.315 e. The molecule has 4 aromatic rings. The van der Waals surface area contributed by atoms with E-state index >= 15 is 0 Å². The quantitative estimate of drug-likeness (QED) is 0.136. The van der Waals surface area contributed by atoms with Gasteiger partial charge >= 0.3 is 6.03 Å². The van der Waals surface area contributed by atoms with Crippen molar-refractivity contribution in [3.63, 3.8) is 0 Å². The molecule has 0 radical (unpaired) electrons. The van der Waals surface area contributed by atoms with Crippen LogP contribution in [0.4, 0.5) is 10.6 Å². The summed E-state index contributed by atoms with van der Waals surface area (Å²) in [6, 6.07) is 20.1. The SMILES string of the molecule is O=C(NCCN1CCCCC1)NCc1nc(NCC(c2ccccc2)c2ccccc2)c2ncn(C3OC(CO)C(O)C3O)c2n1. The predicted molar refractivity (Wildman–Crippen MR) is 172 cm³/mol. The summed E-state index contributed by atoms with van der Waals surface area (Å²) in [6.45, 7) is 3.55. The third kappa shape index (κ3) is 7.29. The van der Waals surface area contributed by atoms with Crippen molar-refractivity contribution in [2.24, 2.45) is 0 Å². The number of aliphatic hydroxyl groups excluding tert-OH is 3. The van der Waals surface area contributed by atoms with Gasteiger partial charge in [0.05, 0.1) is 19.5 Å². The maximum atomic E-state index is 12.7. The summed E-state index contributed by atoms with van der Waals surface area (Å²) in [7, 11) is 0. The third-order valence-corrected chi connectivity index (χ3v) is 8.71. The second-order valence-corrected chi connectivity index (χ2v) is 11.8. The average Bonchev–Trinajstić information content (AvgIpc) is 3.65. The molecule has 0 aliphatic carbocycles. The molecule has 6 rings (SSSR count). The Kier molecular flexibility index (Phi) is 10.4. The fourth-order valence-electron chi connectivity index (χ4n) is 6.19. The summed E-state index contributed by atoms with van der Waals surface area (Å²) in [5.74, 6) is 0.780. The number of benzene rings is 2. The standard InChI is InChI=1S/C33H42N8O5/c42-20-25-28(43)29(44)32(46-25)41-21-37-27-30(35-18-24(22-10-4-1-5-11-22)23-12-6-2-7-13-23)38-26(39-31(27)41)19-36-33(45)34-14-17-40-15-8-3-9-16-40/h1-2,4-7,10-13,21,24-25,28-29,32,42-44H,3,8-9,14-20H2,(H2,34,36,45)(H,35,38,39). The number of imidazole rings is 1. The van der Waals surface area contributed by atoms with Crippen molar-refractivity contribution in [3.8, 4) is 0 Å². The highest BCUT2D eigenvalue weighted by molar-refractivity contribution is 5.83. The Balaban J connectivity index is 1.24. The van der Waals surface area contributed by atoms with E-state index in [1.54, 1.807) is 0 Å². The zero-order valence-corrected chi connectivity index (χ0v) is 25.7. The van der Waals surface area contributed by atoms with Crippen LogP contribution >= 0.6 is 0 Å². The normalized spacial score (nSPS) is 21.9. The molecule has 2 fully saturated rings. The first-order valence-corrected chi connectivity index (χ1v) is 16.0. The monoisotopic (exact) mass is 630 g/mol. The number of piperidine rings is 1. The minimum atomic E-state index is -1.31. The summed E-state index contributed by atoms with van der Waals surface area (Å²) >= 11 is 0. The number of hydrogen-bond acceptors (Lipinski definition) is 10. The fourth-order valence-corrected chi connectivity index (χ4v) is 6.19. The number of anilines is 1. The lowest BCUT2D eigenvalue weighted by Gasteiger charge is -2.26. The number of amides is 2. The molecule has 4 atom stereocenters. The highest BCUT2D eigenvalue weighted by atomic mass is 16.6. The zero-order chi connectivity index (χ0) is 31.9. The van der Waals surface area contributed by atoms with E-state index in [-0.39, 0.29) is 18.5 Å². The van der Waals surface area contributed by atoms with Crippen molar-refractivity contribution < 1.29 is 24.9 Å². The van der Waals surface area contributed by atoms with Crippen molar-refractivity contribution in [3.05, 3.63) is 83.9 Å². The Morgan fingerprint density at radius 1 is 0.935 bits per heavy atom. The zero-order valence-electron chi connectivity index (χ0n) is 25.7. The number of aromatic nitrogens is 4. The highest BCUT2D eigenvalue weighted by Gasteiger charge is 2.44. The van der Waals surface area contributed by atoms with Gasteiger partial charge in [-0.05, 0) is 37.1 Å². The number of carbonyl (C=O) groups is 1. The second-order valence-electron chi connectivity index (χ2n) is 11.8. The van der Waals surface area contributed by atoms with Gasteiger partial charge in [0.15, 0.2) is 29.0 Å². The average molecular weight is 631 g/mol. The van der Waals surface area contributed by atoms with E-state index in [0.717, 1.165) is 30.8 Å². The fraction of sp³-hybridized carbons (Fsp3) is 0.455. The van der Waals surface area contributed by atoms with Crippen LogP contribution in [0.15, 0.2) is 67.0 Å². The molecule has 0 bridgehead atoms. The lowest BCUT2D eigenvalue weighted by atomic mass is 9.91. The van der Waals surface area contributed by atoms with Crippen molar-refractivity contribution >= 4 is 23.0 Å². The number of aliphatic hydroxyl groups is 3. The van der Waals surface area contributed by atoms with E-state index in [1.165, 1.54) is 30.2 Å². The van der Waals surface area contributed by atoms with Gasteiger partial charge in [0.2, 0.25) is 0 Å². The van der Waals surface area contributed by atoms with E-state index in [0.29, 0.717) is 35.9 Å². The molecule has 4 heterocycles. The molecule has 46 heavy (non-hydrogen) atoms.